The molecule has 1 N–H and O–H groups in total. The van der Waals surface area contributed by atoms with Gasteiger partial charge >= 0.3 is 0 Å². The maximum Gasteiger partial charge on any atom is 0.243 e. The first-order valence-electron chi connectivity index (χ1n) is 8.00. The zero-order chi connectivity index (χ0) is 14.2. The molecule has 0 aliphatic carbocycles. The fraction of sp³-hybridized carbons (Fsp3) is 0.867. The average Bonchev–Trinajstić information content (AvgIpc) is 3.07. The molecule has 0 spiro atoms. The van der Waals surface area contributed by atoms with E-state index in [1.54, 1.807) is 0 Å². The van der Waals surface area contributed by atoms with Crippen LogP contribution < -0.4 is 5.32 Å². The van der Waals surface area contributed by atoms with E-state index in [0.717, 1.165) is 51.7 Å². The maximum absolute atomic E-state index is 12.9. The van der Waals surface area contributed by atoms with Gasteiger partial charge in [-0.1, -0.05) is 13.3 Å². The van der Waals surface area contributed by atoms with Crippen LogP contribution in [-0.4, -0.2) is 59.4 Å². The molecule has 2 unspecified atom stereocenters. The first kappa shape index (κ1) is 13.9. The Morgan fingerprint density at radius 2 is 2.30 bits per heavy atom. The lowest BCUT2D eigenvalue weighted by Gasteiger charge is -2.41. The van der Waals surface area contributed by atoms with Crippen molar-refractivity contribution < 1.29 is 9.59 Å². The first-order valence-corrected chi connectivity index (χ1v) is 8.00. The molecule has 3 aliphatic rings. The molecule has 3 rings (SSSR count). The summed E-state index contributed by atoms with van der Waals surface area (Å²) in [5.74, 6) is 0.542. The van der Waals surface area contributed by atoms with Gasteiger partial charge in [-0.2, -0.15) is 0 Å². The Kier molecular flexibility index (Phi) is 3.71. The molecule has 2 atom stereocenters. The van der Waals surface area contributed by atoms with E-state index in [0.29, 0.717) is 13.0 Å². The standard InChI is InChI=1S/C15H25N3O2/c1-2-6-15(7-3-8-16-15)14(20)17-9-10-18-12(11-17)4-5-13(18)19/h12,16H,2-11H2,1H3. The highest BCUT2D eigenvalue weighted by Gasteiger charge is 2.45. The van der Waals surface area contributed by atoms with Crippen LogP contribution in [0.15, 0.2) is 0 Å². The van der Waals surface area contributed by atoms with Gasteiger partial charge < -0.3 is 15.1 Å². The maximum atomic E-state index is 12.9. The number of carbonyl (C=O) groups excluding carboxylic acids is 2. The molecule has 0 aromatic carbocycles. The zero-order valence-corrected chi connectivity index (χ0v) is 12.4. The summed E-state index contributed by atoms with van der Waals surface area (Å²) in [5.41, 5.74) is -0.320. The van der Waals surface area contributed by atoms with Crippen LogP contribution in [-0.2, 0) is 9.59 Å². The molecule has 0 saturated carbocycles. The van der Waals surface area contributed by atoms with Gasteiger partial charge in [-0.05, 0) is 32.2 Å². The van der Waals surface area contributed by atoms with Crippen LogP contribution in [0.5, 0.6) is 0 Å². The quantitative estimate of drug-likeness (QED) is 0.829. The van der Waals surface area contributed by atoms with Crippen LogP contribution in [0.25, 0.3) is 0 Å². The van der Waals surface area contributed by atoms with Crippen molar-refractivity contribution in [2.75, 3.05) is 26.2 Å². The molecule has 112 valence electrons. The predicted molar refractivity (Wildman–Crippen MR) is 76.2 cm³/mol. The number of hydrogen-bond donors (Lipinski definition) is 1. The smallest absolute Gasteiger partial charge is 0.243 e. The topological polar surface area (TPSA) is 52.7 Å². The summed E-state index contributed by atoms with van der Waals surface area (Å²) in [4.78, 5) is 28.6. The van der Waals surface area contributed by atoms with Crippen LogP contribution in [0.2, 0.25) is 0 Å². The van der Waals surface area contributed by atoms with E-state index in [9.17, 15) is 9.59 Å². The third kappa shape index (κ3) is 2.22. The zero-order valence-electron chi connectivity index (χ0n) is 12.4. The van der Waals surface area contributed by atoms with Crippen molar-refractivity contribution in [3.8, 4) is 0 Å². The lowest BCUT2D eigenvalue weighted by molar-refractivity contribution is -0.144. The predicted octanol–water partition coefficient (Wildman–Crippen LogP) is 0.742. The number of fused-ring (bicyclic) bond motifs is 1. The van der Waals surface area contributed by atoms with Gasteiger partial charge in [-0.15, -0.1) is 0 Å². The van der Waals surface area contributed by atoms with Crippen LogP contribution in [0.4, 0.5) is 0 Å². The number of piperazine rings is 1. The van der Waals surface area contributed by atoms with E-state index in [1.165, 1.54) is 0 Å². The second-order valence-electron chi connectivity index (χ2n) is 6.39. The Bertz CT molecular complexity index is 404. The van der Waals surface area contributed by atoms with Crippen molar-refractivity contribution >= 4 is 11.8 Å². The third-order valence-electron chi connectivity index (χ3n) is 5.11. The highest BCUT2D eigenvalue weighted by atomic mass is 16.2. The Balaban J connectivity index is 1.69. The van der Waals surface area contributed by atoms with Crippen molar-refractivity contribution in [3.63, 3.8) is 0 Å². The van der Waals surface area contributed by atoms with Crippen molar-refractivity contribution in [1.82, 2.24) is 15.1 Å². The highest BCUT2D eigenvalue weighted by molar-refractivity contribution is 5.87. The number of carbonyl (C=O) groups is 2. The van der Waals surface area contributed by atoms with E-state index in [-0.39, 0.29) is 23.4 Å². The highest BCUT2D eigenvalue weighted by Crippen LogP contribution is 2.30. The molecular weight excluding hydrogens is 254 g/mol. The molecule has 20 heavy (non-hydrogen) atoms. The fourth-order valence-electron chi connectivity index (χ4n) is 4.09. The molecule has 0 radical (unpaired) electrons. The number of hydrogen-bond acceptors (Lipinski definition) is 3. The van der Waals surface area contributed by atoms with Crippen LogP contribution in [0, 0.1) is 0 Å². The van der Waals surface area contributed by atoms with Gasteiger partial charge in [0.05, 0.1) is 5.54 Å². The van der Waals surface area contributed by atoms with Gasteiger partial charge in [0.1, 0.15) is 0 Å². The molecule has 3 fully saturated rings. The summed E-state index contributed by atoms with van der Waals surface area (Å²) < 4.78 is 0. The molecule has 5 heteroatoms. The summed E-state index contributed by atoms with van der Waals surface area (Å²) in [6.07, 6.45) is 5.58. The second-order valence-corrected chi connectivity index (χ2v) is 6.39. The molecule has 5 nitrogen and oxygen atoms in total. The SMILES string of the molecule is CCCC1(C(=O)N2CCN3C(=O)CCC3C2)CCCN1. The Morgan fingerprint density at radius 1 is 1.45 bits per heavy atom. The summed E-state index contributed by atoms with van der Waals surface area (Å²) in [5, 5.41) is 3.46. The minimum absolute atomic E-state index is 0.264. The lowest BCUT2D eigenvalue weighted by atomic mass is 9.89. The molecule has 3 saturated heterocycles. The molecule has 0 bridgehead atoms. The minimum atomic E-state index is -0.320. The molecular formula is C15H25N3O2. The summed E-state index contributed by atoms with van der Waals surface area (Å²) >= 11 is 0. The average molecular weight is 279 g/mol. The van der Waals surface area contributed by atoms with E-state index >= 15 is 0 Å². The van der Waals surface area contributed by atoms with E-state index in [4.69, 9.17) is 0 Å². The van der Waals surface area contributed by atoms with Gasteiger partial charge in [-0.25, -0.2) is 0 Å². The summed E-state index contributed by atoms with van der Waals surface area (Å²) in [6, 6.07) is 0.264. The van der Waals surface area contributed by atoms with Gasteiger partial charge in [0, 0.05) is 32.1 Å². The van der Waals surface area contributed by atoms with Gasteiger partial charge in [0.15, 0.2) is 0 Å². The molecule has 3 aliphatic heterocycles. The van der Waals surface area contributed by atoms with Crippen LogP contribution in [0.1, 0.15) is 45.4 Å². The van der Waals surface area contributed by atoms with E-state index in [2.05, 4.69) is 12.2 Å². The second kappa shape index (κ2) is 5.35. The van der Waals surface area contributed by atoms with E-state index < -0.39 is 0 Å². The number of nitrogens with one attached hydrogen (secondary N) is 1. The lowest BCUT2D eigenvalue weighted by Crippen LogP contribution is -2.61. The summed E-state index contributed by atoms with van der Waals surface area (Å²) in [6.45, 7) is 5.25. The van der Waals surface area contributed by atoms with Crippen molar-refractivity contribution in [2.24, 2.45) is 0 Å². The van der Waals surface area contributed by atoms with Gasteiger partial charge in [0.25, 0.3) is 0 Å². The number of rotatable bonds is 3. The van der Waals surface area contributed by atoms with Gasteiger partial charge in [-0.3, -0.25) is 9.59 Å². The first-order chi connectivity index (χ1) is 9.66. The van der Waals surface area contributed by atoms with E-state index in [1.807, 2.05) is 9.80 Å². The number of amides is 2. The monoisotopic (exact) mass is 279 g/mol. The van der Waals surface area contributed by atoms with Crippen molar-refractivity contribution in [3.05, 3.63) is 0 Å². The minimum Gasteiger partial charge on any atom is -0.337 e. The molecule has 0 aromatic rings. The van der Waals surface area contributed by atoms with Crippen molar-refractivity contribution in [1.29, 1.82) is 0 Å². The molecule has 0 aromatic heterocycles. The summed E-state index contributed by atoms with van der Waals surface area (Å²) in [7, 11) is 0. The molecule has 2 amide bonds. The fourth-order valence-corrected chi connectivity index (χ4v) is 4.09. The van der Waals surface area contributed by atoms with Crippen LogP contribution >= 0.6 is 0 Å². The van der Waals surface area contributed by atoms with Gasteiger partial charge in [0.2, 0.25) is 11.8 Å². The normalized spacial score (nSPS) is 33.6. The Labute approximate surface area is 120 Å². The third-order valence-corrected chi connectivity index (χ3v) is 5.11. The molecule has 3 heterocycles. The number of nitrogens with zero attached hydrogens (tertiary/aromatic N) is 2. The Hall–Kier alpha value is -1.10. The Morgan fingerprint density at radius 3 is 3.00 bits per heavy atom. The van der Waals surface area contributed by atoms with Crippen molar-refractivity contribution in [2.45, 2.75) is 57.0 Å². The largest absolute Gasteiger partial charge is 0.337 e. The van der Waals surface area contributed by atoms with Crippen LogP contribution in [0.3, 0.4) is 0 Å².